The molecule has 7 nitrogen and oxygen atoms in total. The van der Waals surface area contributed by atoms with Gasteiger partial charge in [-0.3, -0.25) is 24.0 Å². The van der Waals surface area contributed by atoms with E-state index >= 15 is 0 Å². The van der Waals surface area contributed by atoms with Crippen molar-refractivity contribution in [1.29, 1.82) is 0 Å². The molecule has 2 aliphatic rings. The van der Waals surface area contributed by atoms with Crippen LogP contribution in [0.25, 0.3) is 6.08 Å². The Balaban J connectivity index is 1.62. The average Bonchev–Trinajstić information content (AvgIpc) is 3.57. The highest BCUT2D eigenvalue weighted by atomic mass is 32.2. The monoisotopic (exact) mass is 498 g/mol. The zero-order valence-electron chi connectivity index (χ0n) is 20.3. The largest absolute Gasteiger partial charge is 0.347 e. The average molecular weight is 499 g/mol. The molecule has 2 atom stereocenters. The number of likely N-dealkylation sites (tertiary alicyclic amines) is 1. The molecule has 1 aliphatic heterocycles. The first kappa shape index (κ1) is 25.3. The van der Waals surface area contributed by atoms with Gasteiger partial charge in [-0.25, -0.2) is 4.39 Å². The van der Waals surface area contributed by atoms with E-state index < -0.39 is 6.04 Å². The molecule has 1 aliphatic carbocycles. The van der Waals surface area contributed by atoms with Gasteiger partial charge in [0.2, 0.25) is 5.91 Å². The summed E-state index contributed by atoms with van der Waals surface area (Å²) in [5.74, 6) is -0.381. The Morgan fingerprint density at radius 3 is 2.60 bits per heavy atom. The van der Waals surface area contributed by atoms with Crippen LogP contribution in [0.1, 0.15) is 43.5 Å². The van der Waals surface area contributed by atoms with Gasteiger partial charge in [-0.1, -0.05) is 30.0 Å². The van der Waals surface area contributed by atoms with Gasteiger partial charge in [-0.2, -0.15) is 5.10 Å². The summed E-state index contributed by atoms with van der Waals surface area (Å²) in [6, 6.07) is 7.68. The standard InChI is InChI=1S/C26H31FN4O3S/c1-17(32)35-23-11-12-30(25(26(34)18-8-9-18)21-6-4-5-7-22(21)27)15-19(23)14-20-10-13-31(28-20)16-24(33)29(2)3/h4-7,10,13-14,18,23,25H,8-9,11-12,15-16H2,1-3H3/b19-14+. The van der Waals surface area contributed by atoms with E-state index in [0.29, 0.717) is 30.8 Å². The van der Waals surface area contributed by atoms with E-state index in [1.165, 1.54) is 22.7 Å². The first-order chi connectivity index (χ1) is 16.7. The number of ketones is 1. The fourth-order valence-electron chi connectivity index (χ4n) is 4.41. The fraction of sp³-hybridized carbons (Fsp3) is 0.462. The molecule has 35 heavy (non-hydrogen) atoms. The third-order valence-electron chi connectivity index (χ3n) is 6.39. The summed E-state index contributed by atoms with van der Waals surface area (Å²) in [4.78, 5) is 40.8. The van der Waals surface area contributed by atoms with Gasteiger partial charge in [0.05, 0.1) is 11.7 Å². The van der Waals surface area contributed by atoms with Crippen LogP contribution in [0.15, 0.2) is 42.1 Å². The number of thioether (sulfide) groups is 1. The Morgan fingerprint density at radius 2 is 1.94 bits per heavy atom. The van der Waals surface area contributed by atoms with E-state index in [1.54, 1.807) is 50.1 Å². The van der Waals surface area contributed by atoms with E-state index in [0.717, 1.165) is 18.4 Å². The van der Waals surface area contributed by atoms with Crippen LogP contribution < -0.4 is 0 Å². The highest BCUT2D eigenvalue weighted by Crippen LogP contribution is 2.40. The summed E-state index contributed by atoms with van der Waals surface area (Å²) in [6.07, 6.45) is 6.06. The topological polar surface area (TPSA) is 75.5 Å². The number of carbonyl (C=O) groups excluding carboxylic acids is 3. The van der Waals surface area contributed by atoms with Crippen LogP contribution in [0, 0.1) is 11.7 Å². The summed E-state index contributed by atoms with van der Waals surface area (Å²) < 4.78 is 16.4. The van der Waals surface area contributed by atoms with Crippen LogP contribution in [-0.4, -0.2) is 68.8 Å². The molecule has 0 N–H and O–H groups in total. The summed E-state index contributed by atoms with van der Waals surface area (Å²) in [7, 11) is 3.40. The molecule has 2 aromatic rings. The lowest BCUT2D eigenvalue weighted by atomic mass is 9.93. The minimum Gasteiger partial charge on any atom is -0.347 e. The first-order valence-corrected chi connectivity index (χ1v) is 12.7. The lowest BCUT2D eigenvalue weighted by Gasteiger charge is -2.38. The highest BCUT2D eigenvalue weighted by Gasteiger charge is 2.41. The quantitative estimate of drug-likeness (QED) is 0.554. The van der Waals surface area contributed by atoms with Gasteiger partial charge in [-0.05, 0) is 43.0 Å². The number of piperidine rings is 1. The van der Waals surface area contributed by atoms with E-state index in [9.17, 15) is 18.8 Å². The van der Waals surface area contributed by atoms with Crippen molar-refractivity contribution in [2.24, 2.45) is 5.92 Å². The second-order valence-electron chi connectivity index (χ2n) is 9.40. The van der Waals surface area contributed by atoms with Crippen LogP contribution in [-0.2, 0) is 20.9 Å². The van der Waals surface area contributed by atoms with Crippen LogP contribution in [0.2, 0.25) is 0 Å². The highest BCUT2D eigenvalue weighted by molar-refractivity contribution is 8.14. The predicted octanol–water partition coefficient (Wildman–Crippen LogP) is 3.57. The second kappa shape index (κ2) is 10.9. The van der Waals surface area contributed by atoms with Gasteiger partial charge < -0.3 is 4.90 Å². The number of likely N-dealkylation sites (N-methyl/N-ethyl adjacent to an activating group) is 1. The molecule has 2 unspecified atom stereocenters. The van der Waals surface area contributed by atoms with Gasteiger partial charge >= 0.3 is 0 Å². The number of hydrogen-bond acceptors (Lipinski definition) is 6. The van der Waals surface area contributed by atoms with Crippen molar-refractivity contribution in [2.75, 3.05) is 27.2 Å². The molecule has 186 valence electrons. The number of Topliss-reactive ketones (excluding diaryl/α,β-unsaturated/α-hetero) is 1. The number of rotatable bonds is 8. The van der Waals surface area contributed by atoms with E-state index in [1.807, 2.05) is 17.0 Å². The molecular weight excluding hydrogens is 467 g/mol. The van der Waals surface area contributed by atoms with Crippen molar-refractivity contribution in [3.8, 4) is 0 Å². The molecule has 2 fully saturated rings. The lowest BCUT2D eigenvalue weighted by molar-refractivity contribution is -0.129. The van der Waals surface area contributed by atoms with Crippen LogP contribution in [0.3, 0.4) is 0 Å². The Bertz CT molecular complexity index is 1140. The number of halogens is 1. The summed E-state index contributed by atoms with van der Waals surface area (Å²) in [5, 5.41) is 4.49. The molecule has 1 saturated carbocycles. The smallest absolute Gasteiger partial charge is 0.243 e. The minimum atomic E-state index is -0.648. The zero-order chi connectivity index (χ0) is 25.1. The molecule has 1 aromatic carbocycles. The number of aromatic nitrogens is 2. The molecule has 1 aromatic heterocycles. The normalized spacial score (nSPS) is 20.6. The van der Waals surface area contributed by atoms with Crippen molar-refractivity contribution >= 4 is 34.6 Å². The Morgan fingerprint density at radius 1 is 1.20 bits per heavy atom. The molecule has 0 spiro atoms. The number of nitrogens with zero attached hydrogens (tertiary/aromatic N) is 4. The van der Waals surface area contributed by atoms with Crippen molar-refractivity contribution in [3.05, 3.63) is 59.2 Å². The molecule has 4 rings (SSSR count). The third kappa shape index (κ3) is 6.27. The molecule has 0 radical (unpaired) electrons. The van der Waals surface area contributed by atoms with E-state index in [-0.39, 0.29) is 40.3 Å². The van der Waals surface area contributed by atoms with Gasteiger partial charge in [0.25, 0.3) is 0 Å². The number of carbonyl (C=O) groups is 3. The summed E-state index contributed by atoms with van der Waals surface area (Å²) in [6.45, 7) is 2.71. The Kier molecular flexibility index (Phi) is 7.86. The minimum absolute atomic E-state index is 0.0127. The maximum absolute atomic E-state index is 14.8. The van der Waals surface area contributed by atoms with Crippen LogP contribution in [0.4, 0.5) is 4.39 Å². The molecule has 2 heterocycles. The number of hydrogen-bond donors (Lipinski definition) is 0. The van der Waals surface area contributed by atoms with Gasteiger partial charge in [0, 0.05) is 57.0 Å². The Labute approximate surface area is 209 Å². The zero-order valence-corrected chi connectivity index (χ0v) is 21.1. The number of amides is 1. The van der Waals surface area contributed by atoms with Crippen molar-refractivity contribution < 1.29 is 18.8 Å². The van der Waals surface area contributed by atoms with Crippen molar-refractivity contribution in [3.63, 3.8) is 0 Å². The maximum atomic E-state index is 14.8. The molecule has 1 saturated heterocycles. The maximum Gasteiger partial charge on any atom is 0.243 e. The van der Waals surface area contributed by atoms with Gasteiger partial charge in [0.1, 0.15) is 12.4 Å². The van der Waals surface area contributed by atoms with Crippen LogP contribution in [0.5, 0.6) is 0 Å². The summed E-state index contributed by atoms with van der Waals surface area (Å²) in [5.41, 5.74) is 2.05. The number of benzene rings is 1. The predicted molar refractivity (Wildman–Crippen MR) is 134 cm³/mol. The molecule has 0 bridgehead atoms. The van der Waals surface area contributed by atoms with E-state index in [4.69, 9.17) is 0 Å². The third-order valence-corrected chi connectivity index (χ3v) is 7.55. The Hall–Kier alpha value is -2.78. The second-order valence-corrected chi connectivity index (χ2v) is 10.8. The lowest BCUT2D eigenvalue weighted by Crippen LogP contribution is -2.43. The fourth-order valence-corrected chi connectivity index (χ4v) is 5.33. The summed E-state index contributed by atoms with van der Waals surface area (Å²) >= 11 is 1.28. The molecule has 1 amide bonds. The molecule has 9 heteroatoms. The molecular formula is C26H31FN4O3S. The van der Waals surface area contributed by atoms with Gasteiger partial charge in [0.15, 0.2) is 10.9 Å². The first-order valence-electron chi connectivity index (χ1n) is 11.9. The van der Waals surface area contributed by atoms with Gasteiger partial charge in [-0.15, -0.1) is 0 Å². The van der Waals surface area contributed by atoms with Crippen LogP contribution >= 0.6 is 11.8 Å². The SMILES string of the molecule is CC(=O)SC1CCN(C(C(=O)C2CC2)c2ccccc2F)C/C1=C\c1ccn(CC(=O)N(C)C)n1. The van der Waals surface area contributed by atoms with Crippen molar-refractivity contribution in [2.45, 2.75) is 44.0 Å². The van der Waals surface area contributed by atoms with E-state index in [2.05, 4.69) is 5.10 Å². The van der Waals surface area contributed by atoms with Crippen molar-refractivity contribution in [1.82, 2.24) is 19.6 Å².